The van der Waals surface area contributed by atoms with Crippen molar-refractivity contribution in [1.29, 1.82) is 0 Å². The highest BCUT2D eigenvalue weighted by Gasteiger charge is 2.47. The summed E-state index contributed by atoms with van der Waals surface area (Å²) >= 11 is 7.81. The molecule has 34 heavy (non-hydrogen) atoms. The fourth-order valence-electron chi connectivity index (χ4n) is 4.50. The molecule has 1 aliphatic rings. The zero-order valence-electron chi connectivity index (χ0n) is 19.5. The number of carbonyl (C=O) groups excluding carboxylic acids is 2. The lowest BCUT2D eigenvalue weighted by molar-refractivity contribution is -0.146. The molecule has 0 N–H and O–H groups in total. The molecule has 0 unspecified atom stereocenters. The molecule has 0 aliphatic heterocycles. The van der Waals surface area contributed by atoms with E-state index in [0.29, 0.717) is 34.4 Å². The molecule has 1 atom stereocenters. The summed E-state index contributed by atoms with van der Waals surface area (Å²) in [7, 11) is 5.19. The minimum absolute atomic E-state index is 0.0353. The third-order valence-corrected chi connectivity index (χ3v) is 7.76. The predicted molar refractivity (Wildman–Crippen MR) is 133 cm³/mol. The first-order valence-corrected chi connectivity index (χ1v) is 12.5. The van der Waals surface area contributed by atoms with E-state index in [-0.39, 0.29) is 17.4 Å². The lowest BCUT2D eigenvalue weighted by Gasteiger charge is -2.44. The van der Waals surface area contributed by atoms with Crippen LogP contribution in [0.5, 0.6) is 5.75 Å². The second kappa shape index (κ2) is 10.2. The minimum Gasteiger partial charge on any atom is -0.497 e. The van der Waals surface area contributed by atoms with Crippen LogP contribution in [-0.2, 0) is 22.2 Å². The number of likely N-dealkylation sites (N-methyl/N-ethyl adjacent to an activating group) is 1. The molecule has 0 bridgehead atoms. The fourth-order valence-corrected chi connectivity index (χ4v) is 5.61. The van der Waals surface area contributed by atoms with Crippen LogP contribution in [0.4, 0.5) is 0 Å². The van der Waals surface area contributed by atoms with Crippen LogP contribution in [0.15, 0.2) is 53.7 Å². The number of carbonyl (C=O) groups is 2. The number of aromatic nitrogens is 3. The quantitative estimate of drug-likeness (QED) is 0.438. The number of amides is 1. The minimum atomic E-state index is -1.04. The molecule has 0 radical (unpaired) electrons. The highest BCUT2D eigenvalue weighted by atomic mass is 35.5. The summed E-state index contributed by atoms with van der Waals surface area (Å²) in [6.07, 6.45) is 2.68. The van der Waals surface area contributed by atoms with Gasteiger partial charge in [0.05, 0.1) is 12.9 Å². The summed E-state index contributed by atoms with van der Waals surface area (Å²) in [4.78, 5) is 28.2. The van der Waals surface area contributed by atoms with Crippen LogP contribution in [0.2, 0.25) is 5.02 Å². The van der Waals surface area contributed by atoms with Gasteiger partial charge >= 0.3 is 0 Å². The van der Waals surface area contributed by atoms with Crippen LogP contribution in [0.3, 0.4) is 0 Å². The third kappa shape index (κ3) is 4.44. The summed E-state index contributed by atoms with van der Waals surface area (Å²) in [6, 6.07) is 14.9. The molecule has 4 rings (SSSR count). The van der Waals surface area contributed by atoms with Crippen molar-refractivity contribution in [3.05, 3.63) is 59.1 Å². The normalized spacial score (nSPS) is 18.1. The smallest absolute Gasteiger partial charge is 0.233 e. The van der Waals surface area contributed by atoms with Crippen molar-refractivity contribution in [1.82, 2.24) is 19.7 Å². The van der Waals surface area contributed by atoms with E-state index in [1.807, 2.05) is 54.1 Å². The van der Waals surface area contributed by atoms with E-state index in [1.54, 1.807) is 25.1 Å². The number of rotatable bonds is 7. The van der Waals surface area contributed by atoms with E-state index in [0.717, 1.165) is 24.2 Å². The Kier molecular flexibility index (Phi) is 7.28. The van der Waals surface area contributed by atoms with E-state index in [9.17, 15) is 9.59 Å². The van der Waals surface area contributed by atoms with Gasteiger partial charge in [-0.1, -0.05) is 41.6 Å². The largest absolute Gasteiger partial charge is 0.497 e. The molecule has 1 saturated carbocycles. The Morgan fingerprint density at radius 3 is 2.59 bits per heavy atom. The second-order valence-electron chi connectivity index (χ2n) is 8.31. The maximum Gasteiger partial charge on any atom is 0.233 e. The Bertz CT molecular complexity index is 1200. The number of hydrogen-bond acceptors (Lipinski definition) is 6. The molecule has 1 heterocycles. The maximum atomic E-state index is 13.3. The summed E-state index contributed by atoms with van der Waals surface area (Å²) in [5, 5.41) is 9.68. The maximum absolute atomic E-state index is 13.3. The van der Waals surface area contributed by atoms with Crippen molar-refractivity contribution < 1.29 is 14.3 Å². The molecule has 0 spiro atoms. The van der Waals surface area contributed by atoms with Crippen molar-refractivity contribution >= 4 is 35.1 Å². The van der Waals surface area contributed by atoms with E-state index < -0.39 is 5.54 Å². The summed E-state index contributed by atoms with van der Waals surface area (Å²) in [5.74, 6) is 1.46. The Balaban J connectivity index is 1.53. The van der Waals surface area contributed by atoms with Crippen molar-refractivity contribution in [3.63, 3.8) is 0 Å². The van der Waals surface area contributed by atoms with Gasteiger partial charge in [-0.25, -0.2) is 0 Å². The van der Waals surface area contributed by atoms with Gasteiger partial charge in [0.15, 0.2) is 16.8 Å². The van der Waals surface area contributed by atoms with Gasteiger partial charge in [-0.3, -0.25) is 9.59 Å². The summed E-state index contributed by atoms with van der Waals surface area (Å²) < 4.78 is 7.07. The SMILES string of the molecule is COc1ccc(-c2nnc(SCC(=O)N(C)[C@@]3(c4ccccc4Cl)CCCCC3=O)n2C)cc1. The lowest BCUT2D eigenvalue weighted by atomic mass is 9.74. The van der Waals surface area contributed by atoms with Crippen LogP contribution in [-0.4, -0.2) is 51.3 Å². The zero-order chi connectivity index (χ0) is 24.3. The fraction of sp³-hybridized carbons (Fsp3) is 0.360. The molecule has 2 aromatic carbocycles. The van der Waals surface area contributed by atoms with Gasteiger partial charge in [-0.05, 0) is 49.6 Å². The first-order valence-electron chi connectivity index (χ1n) is 11.1. The molecule has 7 nitrogen and oxygen atoms in total. The van der Waals surface area contributed by atoms with Gasteiger partial charge in [0.2, 0.25) is 5.91 Å². The number of thioether (sulfide) groups is 1. The van der Waals surface area contributed by atoms with Gasteiger partial charge in [0.1, 0.15) is 11.3 Å². The topological polar surface area (TPSA) is 77.3 Å². The molecule has 1 aromatic heterocycles. The summed E-state index contributed by atoms with van der Waals surface area (Å²) in [5.41, 5.74) is 0.557. The van der Waals surface area contributed by atoms with Crippen LogP contribution in [0.25, 0.3) is 11.4 Å². The average Bonchev–Trinajstić information content (AvgIpc) is 3.23. The zero-order valence-corrected chi connectivity index (χ0v) is 21.0. The number of Topliss-reactive ketones (excluding diaryl/α,β-unsaturated/α-hetero) is 1. The molecule has 0 saturated heterocycles. The Morgan fingerprint density at radius 1 is 1.18 bits per heavy atom. The molecule has 1 amide bonds. The van der Waals surface area contributed by atoms with Crippen LogP contribution < -0.4 is 4.74 Å². The standard InChI is InChI=1S/C25H27ClN4O3S/c1-29-23(17-11-13-18(33-3)14-12-17)27-28-24(29)34-16-22(32)30(2)25(15-7-6-10-21(25)31)19-8-4-5-9-20(19)26/h4-5,8-9,11-14H,6-7,10,15-16H2,1-3H3/t25-/m1/s1. The van der Waals surface area contributed by atoms with Gasteiger partial charge < -0.3 is 14.2 Å². The second-order valence-corrected chi connectivity index (χ2v) is 9.66. The molecule has 178 valence electrons. The highest BCUT2D eigenvalue weighted by molar-refractivity contribution is 7.99. The Labute approximate surface area is 208 Å². The van der Waals surface area contributed by atoms with Crippen molar-refractivity contribution in [2.24, 2.45) is 7.05 Å². The first-order chi connectivity index (χ1) is 16.4. The average molecular weight is 499 g/mol. The molecule has 9 heteroatoms. The van der Waals surface area contributed by atoms with Gasteiger partial charge in [0, 0.05) is 36.7 Å². The number of halogens is 1. The van der Waals surface area contributed by atoms with Gasteiger partial charge in [-0.2, -0.15) is 0 Å². The van der Waals surface area contributed by atoms with Crippen molar-refractivity contribution in [2.75, 3.05) is 19.9 Å². The Morgan fingerprint density at radius 2 is 1.91 bits per heavy atom. The van der Waals surface area contributed by atoms with Gasteiger partial charge in [0.25, 0.3) is 0 Å². The Hall–Kier alpha value is -2.84. The van der Waals surface area contributed by atoms with E-state index in [4.69, 9.17) is 16.3 Å². The predicted octanol–water partition coefficient (Wildman–Crippen LogP) is 4.73. The first kappa shape index (κ1) is 24.3. The lowest BCUT2D eigenvalue weighted by Crippen LogP contribution is -2.54. The van der Waals surface area contributed by atoms with Crippen LogP contribution >= 0.6 is 23.4 Å². The molecule has 1 aliphatic carbocycles. The van der Waals surface area contributed by atoms with Crippen LogP contribution in [0.1, 0.15) is 31.2 Å². The van der Waals surface area contributed by atoms with E-state index in [1.165, 1.54) is 11.8 Å². The van der Waals surface area contributed by atoms with Gasteiger partial charge in [-0.15, -0.1) is 10.2 Å². The highest BCUT2D eigenvalue weighted by Crippen LogP contribution is 2.42. The molecular weight excluding hydrogens is 472 g/mol. The number of hydrogen-bond donors (Lipinski definition) is 0. The number of benzene rings is 2. The van der Waals surface area contributed by atoms with Crippen LogP contribution in [0, 0.1) is 0 Å². The molecule has 3 aromatic rings. The van der Waals surface area contributed by atoms with E-state index in [2.05, 4.69) is 10.2 Å². The van der Waals surface area contributed by atoms with Crippen molar-refractivity contribution in [2.45, 2.75) is 36.4 Å². The third-order valence-electron chi connectivity index (χ3n) is 6.43. The number of methoxy groups -OCH3 is 1. The number of ketones is 1. The van der Waals surface area contributed by atoms with Crippen molar-refractivity contribution in [3.8, 4) is 17.1 Å². The van der Waals surface area contributed by atoms with E-state index >= 15 is 0 Å². The monoisotopic (exact) mass is 498 g/mol. The number of nitrogens with zero attached hydrogens (tertiary/aromatic N) is 4. The number of ether oxygens (including phenoxy) is 1. The molecule has 1 fully saturated rings. The molecular formula is C25H27ClN4O3S. The summed E-state index contributed by atoms with van der Waals surface area (Å²) in [6.45, 7) is 0.